The Bertz CT molecular complexity index is 447. The van der Waals surface area contributed by atoms with Crippen LogP contribution in [0.1, 0.15) is 12.6 Å². The van der Waals surface area contributed by atoms with Crippen LogP contribution < -0.4 is 10.6 Å². The molecule has 7 nitrogen and oxygen atoms in total. The van der Waals surface area contributed by atoms with Gasteiger partial charge in [0.05, 0.1) is 30.6 Å². The first-order chi connectivity index (χ1) is 9.51. The highest BCUT2D eigenvalue weighted by atomic mass is 16.5. The van der Waals surface area contributed by atoms with Gasteiger partial charge in [-0.3, -0.25) is 9.78 Å². The zero-order chi connectivity index (χ0) is 15.0. The minimum atomic E-state index is -0.942. The standard InChI is InChI=1S/C13H19N3O4/c1-9(8-20-2)6-15-13(19)16-11-4-3-10(14-7-11)5-12(17)18/h3-4,7,9H,5-6,8H2,1-2H3,(H,17,18)(H2,15,16,19). The van der Waals surface area contributed by atoms with Gasteiger partial charge in [0.15, 0.2) is 0 Å². The Morgan fingerprint density at radius 3 is 2.75 bits per heavy atom. The number of nitrogens with zero attached hydrogens (tertiary/aromatic N) is 1. The van der Waals surface area contributed by atoms with Crippen LogP contribution in [0.15, 0.2) is 18.3 Å². The van der Waals surface area contributed by atoms with E-state index in [4.69, 9.17) is 9.84 Å². The third-order valence-electron chi connectivity index (χ3n) is 2.48. The highest BCUT2D eigenvalue weighted by Crippen LogP contribution is 2.06. The van der Waals surface area contributed by atoms with Gasteiger partial charge in [0.2, 0.25) is 0 Å². The Hall–Kier alpha value is -2.15. The third kappa shape index (κ3) is 6.14. The summed E-state index contributed by atoms with van der Waals surface area (Å²) >= 11 is 0. The molecule has 0 aliphatic rings. The summed E-state index contributed by atoms with van der Waals surface area (Å²) in [5, 5.41) is 13.9. The van der Waals surface area contributed by atoms with Crippen molar-refractivity contribution >= 4 is 17.7 Å². The fourth-order valence-electron chi connectivity index (χ4n) is 1.54. The lowest BCUT2D eigenvalue weighted by atomic mass is 10.2. The molecule has 0 aliphatic carbocycles. The molecule has 1 aromatic heterocycles. The quantitative estimate of drug-likeness (QED) is 0.695. The molecule has 1 aromatic rings. The van der Waals surface area contributed by atoms with Gasteiger partial charge in [-0.25, -0.2) is 4.79 Å². The number of carboxylic acid groups (broad SMARTS) is 1. The van der Waals surface area contributed by atoms with Gasteiger partial charge in [-0.2, -0.15) is 0 Å². The third-order valence-corrected chi connectivity index (χ3v) is 2.48. The van der Waals surface area contributed by atoms with E-state index >= 15 is 0 Å². The summed E-state index contributed by atoms with van der Waals surface area (Å²) in [5.74, 6) is -0.718. The van der Waals surface area contributed by atoms with Crippen molar-refractivity contribution in [3.8, 4) is 0 Å². The molecule has 1 rings (SSSR count). The van der Waals surface area contributed by atoms with Crippen LogP contribution >= 0.6 is 0 Å². The van der Waals surface area contributed by atoms with Crippen LogP contribution in [0.25, 0.3) is 0 Å². The van der Waals surface area contributed by atoms with Crippen LogP contribution in [0.2, 0.25) is 0 Å². The molecule has 0 fully saturated rings. The average molecular weight is 281 g/mol. The van der Waals surface area contributed by atoms with E-state index in [1.807, 2.05) is 6.92 Å². The Morgan fingerprint density at radius 1 is 1.45 bits per heavy atom. The van der Waals surface area contributed by atoms with Crippen LogP contribution in [0.4, 0.5) is 10.5 Å². The number of hydrogen-bond donors (Lipinski definition) is 3. The second-order valence-electron chi connectivity index (χ2n) is 4.50. The molecule has 0 aliphatic heterocycles. The fourth-order valence-corrected chi connectivity index (χ4v) is 1.54. The van der Waals surface area contributed by atoms with Crippen LogP contribution in [0.5, 0.6) is 0 Å². The number of ether oxygens (including phenoxy) is 1. The number of aromatic nitrogens is 1. The summed E-state index contributed by atoms with van der Waals surface area (Å²) in [5.41, 5.74) is 0.952. The van der Waals surface area contributed by atoms with Crippen molar-refractivity contribution in [1.29, 1.82) is 0 Å². The molecule has 20 heavy (non-hydrogen) atoms. The van der Waals surface area contributed by atoms with Gasteiger partial charge in [-0.15, -0.1) is 0 Å². The molecule has 0 spiro atoms. The van der Waals surface area contributed by atoms with E-state index in [0.29, 0.717) is 24.5 Å². The van der Waals surface area contributed by atoms with E-state index in [0.717, 1.165) is 0 Å². The average Bonchev–Trinajstić information content (AvgIpc) is 2.38. The van der Waals surface area contributed by atoms with E-state index in [9.17, 15) is 9.59 Å². The van der Waals surface area contributed by atoms with E-state index < -0.39 is 5.97 Å². The van der Waals surface area contributed by atoms with Gasteiger partial charge < -0.3 is 20.5 Å². The van der Waals surface area contributed by atoms with Crippen molar-refractivity contribution in [2.24, 2.45) is 5.92 Å². The van der Waals surface area contributed by atoms with Crippen molar-refractivity contribution in [2.75, 3.05) is 25.6 Å². The highest BCUT2D eigenvalue weighted by Gasteiger charge is 2.06. The SMILES string of the molecule is COCC(C)CNC(=O)Nc1ccc(CC(=O)O)nc1. The van der Waals surface area contributed by atoms with Gasteiger partial charge in [0.1, 0.15) is 0 Å². The monoisotopic (exact) mass is 281 g/mol. The number of urea groups is 1. The number of methoxy groups -OCH3 is 1. The summed E-state index contributed by atoms with van der Waals surface area (Å²) in [7, 11) is 1.61. The number of aliphatic carboxylic acids is 1. The maximum atomic E-state index is 11.6. The Labute approximate surface area is 117 Å². The number of nitrogens with one attached hydrogen (secondary N) is 2. The predicted octanol–water partition coefficient (Wildman–Crippen LogP) is 1.11. The van der Waals surface area contributed by atoms with Gasteiger partial charge >= 0.3 is 12.0 Å². The van der Waals surface area contributed by atoms with Gasteiger partial charge in [-0.1, -0.05) is 6.92 Å². The number of pyridine rings is 1. The topological polar surface area (TPSA) is 101 Å². The van der Waals surface area contributed by atoms with Crippen LogP contribution in [-0.2, 0) is 16.0 Å². The fraction of sp³-hybridized carbons (Fsp3) is 0.462. The number of hydrogen-bond acceptors (Lipinski definition) is 4. The summed E-state index contributed by atoms with van der Waals surface area (Å²) in [4.78, 5) is 26.1. The second-order valence-corrected chi connectivity index (χ2v) is 4.50. The number of amides is 2. The Balaban J connectivity index is 2.40. The summed E-state index contributed by atoms with van der Waals surface area (Å²) in [6, 6.07) is 2.85. The van der Waals surface area contributed by atoms with E-state index in [2.05, 4.69) is 15.6 Å². The number of carbonyl (C=O) groups excluding carboxylic acids is 1. The second kappa shape index (κ2) is 8.11. The smallest absolute Gasteiger partial charge is 0.319 e. The lowest BCUT2D eigenvalue weighted by molar-refractivity contribution is -0.136. The summed E-state index contributed by atoms with van der Waals surface area (Å²) < 4.78 is 4.97. The molecule has 1 heterocycles. The molecule has 0 saturated carbocycles. The normalized spacial score (nSPS) is 11.7. The van der Waals surface area contributed by atoms with Crippen molar-refractivity contribution < 1.29 is 19.4 Å². The van der Waals surface area contributed by atoms with E-state index in [1.165, 1.54) is 6.20 Å². The van der Waals surface area contributed by atoms with Gasteiger partial charge in [-0.05, 0) is 18.1 Å². The lowest BCUT2D eigenvalue weighted by Gasteiger charge is -2.12. The first-order valence-corrected chi connectivity index (χ1v) is 6.21. The van der Waals surface area contributed by atoms with Crippen molar-refractivity contribution in [3.05, 3.63) is 24.0 Å². The first kappa shape index (κ1) is 15.9. The van der Waals surface area contributed by atoms with Crippen LogP contribution in [0, 0.1) is 5.92 Å². The molecule has 2 amide bonds. The molecule has 3 N–H and O–H groups in total. The van der Waals surface area contributed by atoms with E-state index in [1.54, 1.807) is 19.2 Å². The highest BCUT2D eigenvalue weighted by molar-refractivity contribution is 5.89. The molecule has 7 heteroatoms. The van der Waals surface area contributed by atoms with Gasteiger partial charge in [0.25, 0.3) is 0 Å². The summed E-state index contributed by atoms with van der Waals surface area (Å²) in [6.45, 7) is 3.04. The lowest BCUT2D eigenvalue weighted by Crippen LogP contribution is -2.33. The Morgan fingerprint density at radius 2 is 2.20 bits per heavy atom. The van der Waals surface area contributed by atoms with Crippen LogP contribution in [-0.4, -0.2) is 42.4 Å². The molecular weight excluding hydrogens is 262 g/mol. The van der Waals surface area contributed by atoms with Crippen molar-refractivity contribution in [1.82, 2.24) is 10.3 Å². The Kier molecular flexibility index (Phi) is 6.45. The van der Waals surface area contributed by atoms with Crippen molar-refractivity contribution in [3.63, 3.8) is 0 Å². The van der Waals surface area contributed by atoms with Crippen LogP contribution in [0.3, 0.4) is 0 Å². The largest absolute Gasteiger partial charge is 0.481 e. The minimum absolute atomic E-state index is 0.138. The molecule has 1 unspecified atom stereocenters. The maximum Gasteiger partial charge on any atom is 0.319 e. The van der Waals surface area contributed by atoms with E-state index in [-0.39, 0.29) is 18.4 Å². The number of rotatable bonds is 7. The molecular formula is C13H19N3O4. The zero-order valence-corrected chi connectivity index (χ0v) is 11.5. The molecule has 0 saturated heterocycles. The zero-order valence-electron chi connectivity index (χ0n) is 11.5. The number of anilines is 1. The maximum absolute atomic E-state index is 11.6. The molecule has 1 atom stereocenters. The molecule has 110 valence electrons. The summed E-state index contributed by atoms with van der Waals surface area (Å²) in [6.07, 6.45) is 1.29. The van der Waals surface area contributed by atoms with Crippen molar-refractivity contribution in [2.45, 2.75) is 13.3 Å². The number of carboxylic acids is 1. The first-order valence-electron chi connectivity index (χ1n) is 6.21. The van der Waals surface area contributed by atoms with Gasteiger partial charge in [0, 0.05) is 13.7 Å². The molecule has 0 radical (unpaired) electrons. The predicted molar refractivity (Wildman–Crippen MR) is 73.6 cm³/mol. The molecule has 0 aromatic carbocycles. The molecule has 0 bridgehead atoms. The minimum Gasteiger partial charge on any atom is -0.481 e. The number of carbonyl (C=O) groups is 2.